The van der Waals surface area contributed by atoms with Crippen LogP contribution >= 0.6 is 0 Å². The zero-order valence-electron chi connectivity index (χ0n) is 10.5. The number of nitro groups is 1. The van der Waals surface area contributed by atoms with E-state index in [9.17, 15) is 14.9 Å². The Morgan fingerprint density at radius 3 is 3.05 bits per heavy atom. The summed E-state index contributed by atoms with van der Waals surface area (Å²) in [6, 6.07) is 5.93. The summed E-state index contributed by atoms with van der Waals surface area (Å²) in [5, 5.41) is 13.3. The van der Waals surface area contributed by atoms with Crippen LogP contribution in [-0.2, 0) is 9.53 Å². The number of benzene rings is 1. The van der Waals surface area contributed by atoms with Crippen molar-refractivity contribution in [3.8, 4) is 0 Å². The summed E-state index contributed by atoms with van der Waals surface area (Å²) in [6.07, 6.45) is 3.30. The first-order valence-electron chi connectivity index (χ1n) is 6.31. The van der Waals surface area contributed by atoms with Crippen molar-refractivity contribution < 1.29 is 14.5 Å². The summed E-state index contributed by atoms with van der Waals surface area (Å²) in [5.74, 6) is -0.143. The van der Waals surface area contributed by atoms with Crippen molar-refractivity contribution in [3.05, 3.63) is 34.4 Å². The summed E-state index contributed by atoms with van der Waals surface area (Å²) < 4.78 is 5.43. The topological polar surface area (TPSA) is 81.5 Å². The highest BCUT2D eigenvalue weighted by molar-refractivity contribution is 5.91. The lowest BCUT2D eigenvalue weighted by atomic mass is 10.1. The van der Waals surface area contributed by atoms with Crippen LogP contribution in [0.15, 0.2) is 24.3 Å². The number of nitrogens with zero attached hydrogens (tertiary/aromatic N) is 1. The minimum absolute atomic E-state index is 0.0306. The lowest BCUT2D eigenvalue weighted by Gasteiger charge is -2.09. The van der Waals surface area contributed by atoms with E-state index in [0.29, 0.717) is 18.5 Å². The first kappa shape index (κ1) is 13.5. The van der Waals surface area contributed by atoms with Gasteiger partial charge < -0.3 is 10.1 Å². The minimum atomic E-state index is -0.484. The van der Waals surface area contributed by atoms with Gasteiger partial charge in [0.2, 0.25) is 5.91 Å². The van der Waals surface area contributed by atoms with Gasteiger partial charge in [-0.1, -0.05) is 6.07 Å². The standard InChI is InChI=1S/C13H16N2O4/c16-13(7-6-12-5-2-8-19-12)14-10-3-1-4-11(9-10)15(17)18/h1,3-4,9,12H,2,5-8H2,(H,14,16). The summed E-state index contributed by atoms with van der Waals surface area (Å²) >= 11 is 0. The third kappa shape index (κ3) is 4.03. The largest absolute Gasteiger partial charge is 0.378 e. The molecule has 1 aliphatic rings. The predicted molar refractivity (Wildman–Crippen MR) is 69.9 cm³/mol. The number of amides is 1. The third-order valence-corrected chi connectivity index (χ3v) is 3.06. The average Bonchev–Trinajstić information content (AvgIpc) is 2.90. The number of hydrogen-bond donors (Lipinski definition) is 1. The van der Waals surface area contributed by atoms with E-state index in [0.717, 1.165) is 19.4 Å². The fourth-order valence-electron chi connectivity index (χ4n) is 2.08. The van der Waals surface area contributed by atoms with E-state index in [1.165, 1.54) is 12.1 Å². The van der Waals surface area contributed by atoms with E-state index in [-0.39, 0.29) is 17.7 Å². The molecule has 6 heteroatoms. The predicted octanol–water partition coefficient (Wildman–Crippen LogP) is 2.49. The lowest BCUT2D eigenvalue weighted by molar-refractivity contribution is -0.384. The Morgan fingerprint density at radius 1 is 1.53 bits per heavy atom. The molecule has 19 heavy (non-hydrogen) atoms. The number of ether oxygens (including phenoxy) is 1. The molecule has 102 valence electrons. The molecule has 0 bridgehead atoms. The fraction of sp³-hybridized carbons (Fsp3) is 0.462. The number of non-ortho nitro benzene ring substituents is 1. The quantitative estimate of drug-likeness (QED) is 0.654. The first-order valence-corrected chi connectivity index (χ1v) is 6.31. The Hall–Kier alpha value is -1.95. The molecule has 1 unspecified atom stereocenters. The molecule has 1 saturated heterocycles. The molecular weight excluding hydrogens is 248 g/mol. The van der Waals surface area contributed by atoms with Crippen molar-refractivity contribution in [2.24, 2.45) is 0 Å². The van der Waals surface area contributed by atoms with Gasteiger partial charge in [0.05, 0.1) is 11.0 Å². The van der Waals surface area contributed by atoms with E-state index >= 15 is 0 Å². The Kier molecular flexibility index (Phi) is 4.46. The van der Waals surface area contributed by atoms with E-state index in [4.69, 9.17) is 4.74 Å². The number of nitrogens with one attached hydrogen (secondary N) is 1. The minimum Gasteiger partial charge on any atom is -0.378 e. The van der Waals surface area contributed by atoms with Crippen molar-refractivity contribution in [3.63, 3.8) is 0 Å². The first-order chi connectivity index (χ1) is 9.15. The van der Waals surface area contributed by atoms with E-state index in [1.54, 1.807) is 12.1 Å². The van der Waals surface area contributed by atoms with Gasteiger partial charge in [-0.2, -0.15) is 0 Å². The average molecular weight is 264 g/mol. The Morgan fingerprint density at radius 2 is 2.37 bits per heavy atom. The normalized spacial score (nSPS) is 18.2. The van der Waals surface area contributed by atoms with Crippen LogP contribution in [0, 0.1) is 10.1 Å². The summed E-state index contributed by atoms with van der Waals surface area (Å²) in [4.78, 5) is 21.8. The highest BCUT2D eigenvalue weighted by atomic mass is 16.6. The van der Waals surface area contributed by atoms with Gasteiger partial charge in [0.25, 0.3) is 5.69 Å². The molecule has 6 nitrogen and oxygen atoms in total. The number of nitro benzene ring substituents is 1. The van der Waals surface area contributed by atoms with Crippen LogP contribution in [0.5, 0.6) is 0 Å². The van der Waals surface area contributed by atoms with Crippen LogP contribution in [0.2, 0.25) is 0 Å². The second-order valence-corrected chi connectivity index (χ2v) is 4.53. The molecule has 1 heterocycles. The number of carbonyl (C=O) groups excluding carboxylic acids is 1. The molecule has 1 atom stereocenters. The molecule has 1 aromatic rings. The van der Waals surface area contributed by atoms with Crippen LogP contribution < -0.4 is 5.32 Å². The number of anilines is 1. The van der Waals surface area contributed by atoms with Crippen LogP contribution in [0.25, 0.3) is 0 Å². The molecule has 1 N–H and O–H groups in total. The van der Waals surface area contributed by atoms with Crippen molar-refractivity contribution in [2.75, 3.05) is 11.9 Å². The molecule has 1 amide bonds. The lowest BCUT2D eigenvalue weighted by Crippen LogP contribution is -2.15. The Balaban J connectivity index is 1.84. The smallest absolute Gasteiger partial charge is 0.271 e. The highest BCUT2D eigenvalue weighted by Crippen LogP contribution is 2.19. The molecule has 2 rings (SSSR count). The zero-order valence-corrected chi connectivity index (χ0v) is 10.5. The molecule has 0 spiro atoms. The number of hydrogen-bond acceptors (Lipinski definition) is 4. The molecule has 0 aliphatic carbocycles. The Labute approximate surface area is 110 Å². The van der Waals surface area contributed by atoms with Crippen molar-refractivity contribution in [1.82, 2.24) is 0 Å². The number of carbonyl (C=O) groups is 1. The fourth-order valence-corrected chi connectivity index (χ4v) is 2.08. The van der Waals surface area contributed by atoms with Crippen molar-refractivity contribution in [2.45, 2.75) is 31.8 Å². The Bertz CT molecular complexity index is 469. The van der Waals surface area contributed by atoms with Gasteiger partial charge in [-0.25, -0.2) is 0 Å². The van der Waals surface area contributed by atoms with Crippen LogP contribution in [0.1, 0.15) is 25.7 Å². The highest BCUT2D eigenvalue weighted by Gasteiger charge is 2.17. The van der Waals surface area contributed by atoms with Crippen LogP contribution in [0.4, 0.5) is 11.4 Å². The molecule has 0 aromatic heterocycles. The molecule has 0 saturated carbocycles. The molecular formula is C13H16N2O4. The molecule has 1 aromatic carbocycles. The molecule has 1 aliphatic heterocycles. The van der Waals surface area contributed by atoms with Crippen molar-refractivity contribution in [1.29, 1.82) is 0 Å². The summed E-state index contributed by atoms with van der Waals surface area (Å²) in [7, 11) is 0. The van der Waals surface area contributed by atoms with E-state index < -0.39 is 4.92 Å². The SMILES string of the molecule is O=C(CCC1CCCO1)Nc1cccc([N+](=O)[O-])c1. The maximum absolute atomic E-state index is 11.7. The molecule has 0 radical (unpaired) electrons. The summed E-state index contributed by atoms with van der Waals surface area (Å²) in [5.41, 5.74) is 0.420. The van der Waals surface area contributed by atoms with Crippen molar-refractivity contribution >= 4 is 17.3 Å². The third-order valence-electron chi connectivity index (χ3n) is 3.06. The number of rotatable bonds is 5. The van der Waals surface area contributed by atoms with E-state index in [1.807, 2.05) is 0 Å². The monoisotopic (exact) mass is 264 g/mol. The van der Waals surface area contributed by atoms with Gasteiger partial charge in [-0.05, 0) is 25.3 Å². The van der Waals surface area contributed by atoms with Gasteiger partial charge in [-0.3, -0.25) is 14.9 Å². The zero-order chi connectivity index (χ0) is 13.7. The van der Waals surface area contributed by atoms with Crippen LogP contribution in [-0.4, -0.2) is 23.5 Å². The van der Waals surface area contributed by atoms with Crippen LogP contribution in [0.3, 0.4) is 0 Å². The maximum Gasteiger partial charge on any atom is 0.271 e. The van der Waals surface area contributed by atoms with Gasteiger partial charge in [-0.15, -0.1) is 0 Å². The second-order valence-electron chi connectivity index (χ2n) is 4.53. The van der Waals surface area contributed by atoms with Gasteiger partial charge in [0.1, 0.15) is 0 Å². The van der Waals surface area contributed by atoms with E-state index in [2.05, 4.69) is 5.32 Å². The summed E-state index contributed by atoms with van der Waals surface area (Å²) in [6.45, 7) is 0.775. The molecule has 1 fully saturated rings. The van der Waals surface area contributed by atoms with Gasteiger partial charge in [0, 0.05) is 30.8 Å². The maximum atomic E-state index is 11.7. The van der Waals surface area contributed by atoms with Gasteiger partial charge >= 0.3 is 0 Å². The second kappa shape index (κ2) is 6.29. The van der Waals surface area contributed by atoms with Gasteiger partial charge in [0.15, 0.2) is 0 Å².